The molecule has 1 aromatic heterocycles. The number of para-hydroxylation sites is 1. The van der Waals surface area contributed by atoms with Gasteiger partial charge in [0.15, 0.2) is 0 Å². The van der Waals surface area contributed by atoms with E-state index in [9.17, 15) is 9.59 Å². The van der Waals surface area contributed by atoms with Gasteiger partial charge in [0.25, 0.3) is 0 Å². The van der Waals surface area contributed by atoms with Gasteiger partial charge in [0.1, 0.15) is 11.5 Å². The highest BCUT2D eigenvalue weighted by Crippen LogP contribution is 2.13. The van der Waals surface area contributed by atoms with E-state index in [1.807, 2.05) is 19.9 Å². The highest BCUT2D eigenvalue weighted by molar-refractivity contribution is 5.82. The summed E-state index contributed by atoms with van der Waals surface area (Å²) >= 11 is 0. The first-order chi connectivity index (χ1) is 10.5. The predicted molar refractivity (Wildman–Crippen MR) is 88.1 cm³/mol. The molecule has 3 N–H and O–H groups in total. The van der Waals surface area contributed by atoms with Crippen LogP contribution in [-0.4, -0.2) is 15.3 Å². The van der Waals surface area contributed by atoms with E-state index in [1.54, 1.807) is 24.3 Å². The summed E-state index contributed by atoms with van der Waals surface area (Å²) in [5.74, 6) is 0.524. The van der Waals surface area contributed by atoms with Gasteiger partial charge in [-0.25, -0.2) is 0 Å². The average Bonchev–Trinajstić information content (AvgIpc) is 2.51. The molecular weight excluding hydrogens is 280 g/mol. The number of nitrogens with one attached hydrogen (secondary N) is 1. The van der Waals surface area contributed by atoms with Gasteiger partial charge in [0.05, 0.1) is 0 Å². The van der Waals surface area contributed by atoms with E-state index in [0.29, 0.717) is 18.2 Å². The molecule has 2 aromatic rings. The van der Waals surface area contributed by atoms with E-state index in [2.05, 4.69) is 0 Å². The molecule has 6 nitrogen and oxygen atoms in total. The molecule has 0 unspecified atom stereocenters. The van der Waals surface area contributed by atoms with Crippen LogP contribution in [0.1, 0.15) is 26.0 Å². The highest BCUT2D eigenvalue weighted by atomic mass is 16.2. The Bertz CT molecular complexity index is 788. The van der Waals surface area contributed by atoms with Crippen molar-refractivity contribution in [1.29, 1.82) is 5.41 Å². The molecule has 116 valence electrons. The van der Waals surface area contributed by atoms with Crippen LogP contribution in [0, 0.1) is 11.3 Å². The molecule has 0 aliphatic rings. The Labute approximate surface area is 128 Å². The normalized spacial score (nSPS) is 10.9. The quantitative estimate of drug-likeness (QED) is 0.649. The predicted octanol–water partition coefficient (Wildman–Crippen LogP) is 1.63. The molecule has 1 heterocycles. The first kappa shape index (κ1) is 15.8. The fourth-order valence-corrected chi connectivity index (χ4v) is 2.26. The Morgan fingerprint density at radius 3 is 2.36 bits per heavy atom. The van der Waals surface area contributed by atoms with Crippen molar-refractivity contribution in [3.8, 4) is 5.69 Å². The van der Waals surface area contributed by atoms with Gasteiger partial charge >= 0.3 is 11.1 Å². The number of anilines is 1. The molecule has 0 aliphatic carbocycles. The lowest BCUT2D eigenvalue weighted by Crippen LogP contribution is -2.43. The Kier molecular flexibility index (Phi) is 4.60. The van der Waals surface area contributed by atoms with Crippen molar-refractivity contribution in [3.63, 3.8) is 0 Å². The van der Waals surface area contributed by atoms with E-state index < -0.39 is 11.1 Å². The van der Waals surface area contributed by atoms with Crippen LogP contribution in [0.4, 0.5) is 5.82 Å². The summed E-state index contributed by atoms with van der Waals surface area (Å²) in [6.07, 6.45) is 1.74. The molecular formula is C16H20N4O2. The van der Waals surface area contributed by atoms with E-state index in [4.69, 9.17) is 11.1 Å². The summed E-state index contributed by atoms with van der Waals surface area (Å²) in [6.45, 7) is 4.43. The number of nitrogens with two attached hydrogens (primary N) is 1. The fraction of sp³-hybridized carbons (Fsp3) is 0.312. The van der Waals surface area contributed by atoms with Crippen molar-refractivity contribution in [2.24, 2.45) is 5.92 Å². The van der Waals surface area contributed by atoms with Gasteiger partial charge in [-0.3, -0.25) is 18.7 Å². The van der Waals surface area contributed by atoms with Gasteiger partial charge in [-0.2, -0.15) is 0 Å². The van der Waals surface area contributed by atoms with Crippen molar-refractivity contribution in [3.05, 3.63) is 56.7 Å². The number of aromatic nitrogens is 2. The second kappa shape index (κ2) is 6.43. The second-order valence-corrected chi connectivity index (χ2v) is 5.53. The van der Waals surface area contributed by atoms with Crippen molar-refractivity contribution in [2.45, 2.75) is 26.8 Å². The lowest BCUT2D eigenvalue weighted by Gasteiger charge is -2.17. The van der Waals surface area contributed by atoms with Crippen LogP contribution in [0.5, 0.6) is 0 Å². The van der Waals surface area contributed by atoms with Gasteiger partial charge in [0, 0.05) is 18.4 Å². The SMILES string of the molecule is CC(C)CCn1c(N)c(C=N)n(-c2ccccc2)c(=O)c1=O. The molecule has 6 heteroatoms. The zero-order valence-electron chi connectivity index (χ0n) is 12.7. The molecule has 0 amide bonds. The van der Waals surface area contributed by atoms with Crippen molar-refractivity contribution in [1.82, 2.24) is 9.13 Å². The van der Waals surface area contributed by atoms with E-state index >= 15 is 0 Å². The van der Waals surface area contributed by atoms with Crippen LogP contribution in [0.2, 0.25) is 0 Å². The van der Waals surface area contributed by atoms with Gasteiger partial charge in [0.2, 0.25) is 0 Å². The van der Waals surface area contributed by atoms with Gasteiger partial charge in [-0.05, 0) is 24.5 Å². The van der Waals surface area contributed by atoms with Crippen molar-refractivity contribution in [2.75, 3.05) is 5.73 Å². The molecule has 0 spiro atoms. The van der Waals surface area contributed by atoms with E-state index in [-0.39, 0.29) is 11.5 Å². The summed E-state index contributed by atoms with van der Waals surface area (Å²) in [4.78, 5) is 24.8. The largest absolute Gasteiger partial charge is 0.383 e. The van der Waals surface area contributed by atoms with Crippen LogP contribution in [0.25, 0.3) is 5.69 Å². The lowest BCUT2D eigenvalue weighted by molar-refractivity contribution is 0.507. The average molecular weight is 300 g/mol. The number of rotatable bonds is 5. The second-order valence-electron chi connectivity index (χ2n) is 5.53. The zero-order valence-corrected chi connectivity index (χ0v) is 12.7. The van der Waals surface area contributed by atoms with Crippen molar-refractivity contribution >= 4 is 12.0 Å². The van der Waals surface area contributed by atoms with Gasteiger partial charge < -0.3 is 11.1 Å². The maximum absolute atomic E-state index is 12.4. The molecule has 1 aromatic carbocycles. The van der Waals surface area contributed by atoms with Crippen molar-refractivity contribution < 1.29 is 0 Å². The van der Waals surface area contributed by atoms with Gasteiger partial charge in [-0.15, -0.1) is 0 Å². The number of benzene rings is 1. The first-order valence-corrected chi connectivity index (χ1v) is 7.18. The van der Waals surface area contributed by atoms with Crippen LogP contribution in [0.3, 0.4) is 0 Å². The fourth-order valence-electron chi connectivity index (χ4n) is 2.26. The minimum atomic E-state index is -0.692. The maximum Gasteiger partial charge on any atom is 0.321 e. The third-order valence-corrected chi connectivity index (χ3v) is 3.51. The van der Waals surface area contributed by atoms with Crippen LogP contribution in [-0.2, 0) is 6.54 Å². The number of hydrogen-bond acceptors (Lipinski definition) is 4. The maximum atomic E-state index is 12.4. The third-order valence-electron chi connectivity index (χ3n) is 3.51. The molecule has 0 atom stereocenters. The van der Waals surface area contributed by atoms with Crippen LogP contribution >= 0.6 is 0 Å². The Balaban J connectivity index is 2.71. The monoisotopic (exact) mass is 300 g/mol. The molecule has 0 saturated carbocycles. The van der Waals surface area contributed by atoms with Crippen LogP contribution in [0.15, 0.2) is 39.9 Å². The smallest absolute Gasteiger partial charge is 0.321 e. The Hall–Kier alpha value is -2.63. The first-order valence-electron chi connectivity index (χ1n) is 7.18. The van der Waals surface area contributed by atoms with Crippen LogP contribution < -0.4 is 16.9 Å². The zero-order chi connectivity index (χ0) is 16.3. The minimum Gasteiger partial charge on any atom is -0.383 e. The lowest BCUT2D eigenvalue weighted by atomic mass is 10.1. The molecule has 22 heavy (non-hydrogen) atoms. The van der Waals surface area contributed by atoms with E-state index in [1.165, 1.54) is 9.13 Å². The number of nitrogen functional groups attached to an aromatic ring is 1. The summed E-state index contributed by atoms with van der Waals surface area (Å²) in [6, 6.07) is 8.73. The minimum absolute atomic E-state index is 0.143. The Morgan fingerprint density at radius 1 is 1.18 bits per heavy atom. The molecule has 0 aliphatic heterocycles. The highest BCUT2D eigenvalue weighted by Gasteiger charge is 2.16. The molecule has 0 saturated heterocycles. The topological polar surface area (TPSA) is 93.9 Å². The number of nitrogens with zero attached hydrogens (tertiary/aromatic N) is 2. The summed E-state index contributed by atoms with van der Waals surface area (Å²) in [5.41, 5.74) is 5.43. The standard InChI is InChI=1S/C16H20N4O2/c1-11(2)8-9-19-14(18)13(10-17)20(16(22)15(19)21)12-6-4-3-5-7-12/h3-7,10-11,17H,8-9,18H2,1-2H3. The summed E-state index contributed by atoms with van der Waals surface area (Å²) < 4.78 is 2.46. The third kappa shape index (κ3) is 2.86. The summed E-state index contributed by atoms with van der Waals surface area (Å²) in [5, 5.41) is 7.58. The van der Waals surface area contributed by atoms with Gasteiger partial charge in [-0.1, -0.05) is 32.0 Å². The molecule has 0 radical (unpaired) electrons. The number of hydrogen-bond donors (Lipinski definition) is 2. The Morgan fingerprint density at radius 2 is 1.82 bits per heavy atom. The molecule has 2 rings (SSSR count). The van der Waals surface area contributed by atoms with E-state index in [0.717, 1.165) is 12.6 Å². The molecule has 0 bridgehead atoms. The molecule has 0 fully saturated rings. The summed E-state index contributed by atoms with van der Waals surface area (Å²) in [7, 11) is 0.